The highest BCUT2D eigenvalue weighted by molar-refractivity contribution is 5.89. The molecule has 18 heavy (non-hydrogen) atoms. The summed E-state index contributed by atoms with van der Waals surface area (Å²) in [6.45, 7) is 5.03. The molecule has 0 saturated heterocycles. The number of carbonyl (C=O) groups excluding carboxylic acids is 2. The van der Waals surface area contributed by atoms with Crippen molar-refractivity contribution in [1.29, 1.82) is 0 Å². The highest BCUT2D eigenvalue weighted by atomic mass is 16.3. The molecular weight excluding hydrogens is 230 g/mol. The van der Waals surface area contributed by atoms with Crippen molar-refractivity contribution in [2.24, 2.45) is 5.92 Å². The van der Waals surface area contributed by atoms with E-state index in [1.54, 1.807) is 24.3 Å². The highest BCUT2D eigenvalue weighted by Gasteiger charge is 2.22. The number of amides is 1. The minimum atomic E-state index is -0.507. The first-order chi connectivity index (χ1) is 8.40. The lowest BCUT2D eigenvalue weighted by molar-refractivity contribution is -0.128. The molecule has 0 spiro atoms. The van der Waals surface area contributed by atoms with Crippen LogP contribution >= 0.6 is 0 Å². The molecule has 4 heteroatoms. The van der Waals surface area contributed by atoms with Crippen molar-refractivity contribution >= 4 is 11.7 Å². The van der Waals surface area contributed by atoms with Crippen molar-refractivity contribution in [2.75, 3.05) is 0 Å². The highest BCUT2D eigenvalue weighted by Crippen LogP contribution is 2.13. The molecule has 2 N–H and O–H groups in total. The van der Waals surface area contributed by atoms with Gasteiger partial charge in [0.05, 0.1) is 6.04 Å². The van der Waals surface area contributed by atoms with Crippen LogP contribution in [-0.2, 0) is 16.0 Å². The fraction of sp³-hybridized carbons (Fsp3) is 0.429. The quantitative estimate of drug-likeness (QED) is 0.834. The van der Waals surface area contributed by atoms with E-state index in [4.69, 9.17) is 0 Å². The van der Waals surface area contributed by atoms with Crippen LogP contribution in [0.15, 0.2) is 24.3 Å². The Morgan fingerprint density at radius 2 is 1.78 bits per heavy atom. The number of rotatable bonds is 5. The van der Waals surface area contributed by atoms with Gasteiger partial charge in [0.15, 0.2) is 5.78 Å². The van der Waals surface area contributed by atoms with Gasteiger partial charge in [0.25, 0.3) is 0 Å². The van der Waals surface area contributed by atoms with Crippen molar-refractivity contribution in [3.8, 4) is 5.75 Å². The number of hydrogen-bond donors (Lipinski definition) is 2. The normalized spacial score (nSPS) is 12.2. The van der Waals surface area contributed by atoms with Gasteiger partial charge < -0.3 is 10.4 Å². The van der Waals surface area contributed by atoms with E-state index in [-0.39, 0.29) is 23.4 Å². The Labute approximate surface area is 107 Å². The SMILES string of the molecule is CC(=O)NC(Cc1ccc(O)cc1)C(=O)C(C)C. The smallest absolute Gasteiger partial charge is 0.217 e. The van der Waals surface area contributed by atoms with Gasteiger partial charge in [0.1, 0.15) is 5.75 Å². The zero-order chi connectivity index (χ0) is 13.7. The summed E-state index contributed by atoms with van der Waals surface area (Å²) in [5.41, 5.74) is 0.903. The molecule has 0 aliphatic carbocycles. The molecule has 0 radical (unpaired) electrons. The van der Waals surface area contributed by atoms with Crippen LogP contribution in [0.5, 0.6) is 5.75 Å². The Morgan fingerprint density at radius 3 is 2.22 bits per heavy atom. The first-order valence-corrected chi connectivity index (χ1v) is 5.99. The number of carbonyl (C=O) groups is 2. The zero-order valence-electron chi connectivity index (χ0n) is 10.9. The lowest BCUT2D eigenvalue weighted by Gasteiger charge is -2.18. The Bertz CT molecular complexity index is 423. The minimum Gasteiger partial charge on any atom is -0.508 e. The molecular formula is C14H19NO3. The monoisotopic (exact) mass is 249 g/mol. The van der Waals surface area contributed by atoms with Crippen LogP contribution < -0.4 is 5.32 Å². The van der Waals surface area contributed by atoms with Gasteiger partial charge in [-0.3, -0.25) is 9.59 Å². The number of phenols is 1. The van der Waals surface area contributed by atoms with Crippen molar-refractivity contribution in [1.82, 2.24) is 5.32 Å². The summed E-state index contributed by atoms with van der Waals surface area (Å²) < 4.78 is 0. The van der Waals surface area contributed by atoms with E-state index in [0.717, 1.165) is 5.56 Å². The van der Waals surface area contributed by atoms with Crippen LogP contribution in [-0.4, -0.2) is 22.8 Å². The maximum absolute atomic E-state index is 12.0. The van der Waals surface area contributed by atoms with Crippen molar-refractivity contribution in [2.45, 2.75) is 33.2 Å². The van der Waals surface area contributed by atoms with E-state index in [0.29, 0.717) is 6.42 Å². The predicted octanol–water partition coefficient (Wildman–Crippen LogP) is 1.66. The first-order valence-electron chi connectivity index (χ1n) is 5.99. The Morgan fingerprint density at radius 1 is 1.22 bits per heavy atom. The lowest BCUT2D eigenvalue weighted by atomic mass is 9.95. The molecule has 1 amide bonds. The van der Waals surface area contributed by atoms with Gasteiger partial charge in [-0.15, -0.1) is 0 Å². The van der Waals surface area contributed by atoms with Gasteiger partial charge in [-0.05, 0) is 24.1 Å². The van der Waals surface area contributed by atoms with E-state index in [1.165, 1.54) is 6.92 Å². The second-order valence-electron chi connectivity index (χ2n) is 4.68. The van der Waals surface area contributed by atoms with Crippen LogP contribution in [0, 0.1) is 5.92 Å². The number of Topliss-reactive ketones (excluding diaryl/α,β-unsaturated/α-hetero) is 1. The molecule has 1 atom stereocenters. The summed E-state index contributed by atoms with van der Waals surface area (Å²) >= 11 is 0. The van der Waals surface area contributed by atoms with Gasteiger partial charge in [0.2, 0.25) is 5.91 Å². The summed E-state index contributed by atoms with van der Waals surface area (Å²) in [4.78, 5) is 23.1. The van der Waals surface area contributed by atoms with Crippen molar-refractivity contribution < 1.29 is 14.7 Å². The fourth-order valence-electron chi connectivity index (χ4n) is 1.74. The first kappa shape index (κ1) is 14.2. The number of benzene rings is 1. The Kier molecular flexibility index (Phi) is 4.89. The number of ketones is 1. The van der Waals surface area contributed by atoms with Gasteiger partial charge in [-0.1, -0.05) is 26.0 Å². The molecule has 1 aromatic carbocycles. The van der Waals surface area contributed by atoms with E-state index in [9.17, 15) is 14.7 Å². The van der Waals surface area contributed by atoms with Crippen molar-refractivity contribution in [3.05, 3.63) is 29.8 Å². The summed E-state index contributed by atoms with van der Waals surface area (Å²) in [5, 5.41) is 11.9. The van der Waals surface area contributed by atoms with Crippen LogP contribution in [0.2, 0.25) is 0 Å². The lowest BCUT2D eigenvalue weighted by Crippen LogP contribution is -2.43. The van der Waals surface area contributed by atoms with Gasteiger partial charge >= 0.3 is 0 Å². The number of aromatic hydroxyl groups is 1. The zero-order valence-corrected chi connectivity index (χ0v) is 10.9. The topological polar surface area (TPSA) is 66.4 Å². The average Bonchev–Trinajstić information content (AvgIpc) is 2.29. The predicted molar refractivity (Wildman–Crippen MR) is 69.3 cm³/mol. The molecule has 0 bridgehead atoms. The standard InChI is InChI=1S/C14H19NO3/c1-9(2)14(18)13(15-10(3)16)8-11-4-6-12(17)7-5-11/h4-7,9,13,17H,8H2,1-3H3,(H,15,16). The molecule has 98 valence electrons. The second kappa shape index (κ2) is 6.19. The molecule has 1 unspecified atom stereocenters. The van der Waals surface area contributed by atoms with Gasteiger partial charge in [0, 0.05) is 12.8 Å². The fourth-order valence-corrected chi connectivity index (χ4v) is 1.74. The molecule has 0 saturated carbocycles. The average molecular weight is 249 g/mol. The third-order valence-corrected chi connectivity index (χ3v) is 2.67. The van der Waals surface area contributed by atoms with Gasteiger partial charge in [-0.2, -0.15) is 0 Å². The number of phenolic OH excluding ortho intramolecular Hbond substituents is 1. The Hall–Kier alpha value is -1.84. The molecule has 0 aliphatic heterocycles. The second-order valence-corrected chi connectivity index (χ2v) is 4.68. The maximum atomic E-state index is 12.0. The maximum Gasteiger partial charge on any atom is 0.217 e. The summed E-state index contributed by atoms with van der Waals surface area (Å²) in [6.07, 6.45) is 0.441. The van der Waals surface area contributed by atoms with Crippen LogP contribution in [0.4, 0.5) is 0 Å². The third kappa shape index (κ3) is 4.20. The van der Waals surface area contributed by atoms with E-state index >= 15 is 0 Å². The van der Waals surface area contributed by atoms with Crippen LogP contribution in [0.1, 0.15) is 26.3 Å². The molecule has 1 aromatic rings. The summed E-state index contributed by atoms with van der Waals surface area (Å²) in [7, 11) is 0. The molecule has 0 heterocycles. The number of nitrogens with one attached hydrogen (secondary N) is 1. The molecule has 1 rings (SSSR count). The Balaban J connectivity index is 2.81. The minimum absolute atomic E-state index is 0.0123. The molecule has 4 nitrogen and oxygen atoms in total. The summed E-state index contributed by atoms with van der Waals surface area (Å²) in [6, 6.07) is 6.13. The van der Waals surface area contributed by atoms with E-state index in [1.807, 2.05) is 13.8 Å². The van der Waals surface area contributed by atoms with Gasteiger partial charge in [-0.25, -0.2) is 0 Å². The van der Waals surface area contributed by atoms with E-state index in [2.05, 4.69) is 5.32 Å². The third-order valence-electron chi connectivity index (χ3n) is 2.67. The van der Waals surface area contributed by atoms with Crippen molar-refractivity contribution in [3.63, 3.8) is 0 Å². The summed E-state index contributed by atoms with van der Waals surface area (Å²) in [5.74, 6) is -0.143. The van der Waals surface area contributed by atoms with Crippen LogP contribution in [0.3, 0.4) is 0 Å². The largest absolute Gasteiger partial charge is 0.508 e. The molecule has 0 aromatic heterocycles. The number of hydrogen-bond acceptors (Lipinski definition) is 3. The molecule has 0 aliphatic rings. The van der Waals surface area contributed by atoms with E-state index < -0.39 is 6.04 Å². The molecule has 0 fully saturated rings. The van der Waals surface area contributed by atoms with Crippen LogP contribution in [0.25, 0.3) is 0 Å².